The first-order chi connectivity index (χ1) is 10.3. The molecule has 3 aliphatic carbocycles. The highest BCUT2D eigenvalue weighted by molar-refractivity contribution is 5.07. The summed E-state index contributed by atoms with van der Waals surface area (Å²) in [5.41, 5.74) is 0. The van der Waals surface area contributed by atoms with Crippen molar-refractivity contribution in [2.45, 2.75) is 88.4 Å². The van der Waals surface area contributed by atoms with E-state index in [1.165, 1.54) is 44.9 Å². The van der Waals surface area contributed by atoms with Crippen LogP contribution in [0.1, 0.15) is 64.2 Å². The van der Waals surface area contributed by atoms with E-state index in [4.69, 9.17) is 0 Å². The Kier molecular flexibility index (Phi) is 3.16. The lowest BCUT2D eigenvalue weighted by atomic mass is 9.77. The van der Waals surface area contributed by atoms with Crippen LogP contribution in [0.25, 0.3) is 0 Å². The predicted octanol–water partition coefficient (Wildman–Crippen LogP) is 3.42. The molecule has 0 radical (unpaired) electrons. The SMILES string of the molecule is CN1C2CCCC1CC(NC1CC3CC1C1CCCC31)C2. The number of nitrogens with one attached hydrogen (secondary N) is 1. The zero-order chi connectivity index (χ0) is 14.0. The minimum atomic E-state index is 0.834. The molecule has 0 amide bonds. The van der Waals surface area contributed by atoms with E-state index in [1.807, 2.05) is 0 Å². The van der Waals surface area contributed by atoms with Crippen molar-refractivity contribution < 1.29 is 0 Å². The van der Waals surface area contributed by atoms with Crippen LogP contribution in [0.15, 0.2) is 0 Å². The molecule has 0 aromatic rings. The van der Waals surface area contributed by atoms with E-state index in [1.54, 1.807) is 19.3 Å². The molecule has 7 atom stereocenters. The molecular weight excluding hydrogens is 256 g/mol. The minimum Gasteiger partial charge on any atom is -0.311 e. The van der Waals surface area contributed by atoms with Gasteiger partial charge in [-0.15, -0.1) is 0 Å². The van der Waals surface area contributed by atoms with Crippen molar-refractivity contribution in [2.24, 2.45) is 23.7 Å². The van der Waals surface area contributed by atoms with Gasteiger partial charge in [-0.1, -0.05) is 12.8 Å². The highest BCUT2D eigenvalue weighted by Gasteiger charge is 2.54. The largest absolute Gasteiger partial charge is 0.311 e. The van der Waals surface area contributed by atoms with Crippen LogP contribution in [-0.4, -0.2) is 36.1 Å². The molecule has 21 heavy (non-hydrogen) atoms. The maximum absolute atomic E-state index is 4.18. The first-order valence-corrected chi connectivity index (χ1v) is 9.77. The number of hydrogen-bond acceptors (Lipinski definition) is 2. The van der Waals surface area contributed by atoms with Crippen LogP contribution in [0.4, 0.5) is 0 Å². The fourth-order valence-electron chi connectivity index (χ4n) is 7.31. The number of nitrogens with zero attached hydrogens (tertiary/aromatic N) is 1. The van der Waals surface area contributed by atoms with Gasteiger partial charge in [-0.2, -0.15) is 0 Å². The Balaban J connectivity index is 1.25. The molecule has 118 valence electrons. The summed E-state index contributed by atoms with van der Waals surface area (Å²) >= 11 is 0. The van der Waals surface area contributed by atoms with Crippen LogP contribution in [-0.2, 0) is 0 Å². The van der Waals surface area contributed by atoms with Crippen molar-refractivity contribution in [3.05, 3.63) is 0 Å². The second-order valence-electron chi connectivity index (χ2n) is 9.00. The highest BCUT2D eigenvalue weighted by atomic mass is 15.2. The standard InChI is InChI=1S/C19H32N2/c1-21-14-4-2-5-15(21)11-13(10-14)20-19-9-12-8-18(19)17-7-3-6-16(12)17/h12-20H,2-11H2,1H3. The average Bonchev–Trinajstić information content (AvgIpc) is 3.11. The summed E-state index contributed by atoms with van der Waals surface area (Å²) < 4.78 is 0. The van der Waals surface area contributed by atoms with Crippen molar-refractivity contribution in [3.8, 4) is 0 Å². The smallest absolute Gasteiger partial charge is 0.0110 e. The molecule has 2 aliphatic heterocycles. The van der Waals surface area contributed by atoms with Gasteiger partial charge in [-0.25, -0.2) is 0 Å². The topological polar surface area (TPSA) is 15.3 Å². The Morgan fingerprint density at radius 3 is 2.29 bits per heavy atom. The maximum Gasteiger partial charge on any atom is 0.0110 e. The van der Waals surface area contributed by atoms with Gasteiger partial charge in [-0.05, 0) is 82.1 Å². The Bertz CT molecular complexity index is 394. The molecule has 2 heteroatoms. The third kappa shape index (κ3) is 2.05. The quantitative estimate of drug-likeness (QED) is 0.837. The van der Waals surface area contributed by atoms with Gasteiger partial charge < -0.3 is 10.2 Å². The first-order valence-electron chi connectivity index (χ1n) is 9.77. The van der Waals surface area contributed by atoms with Gasteiger partial charge >= 0.3 is 0 Å². The third-order valence-electron chi connectivity index (χ3n) is 8.22. The Hall–Kier alpha value is -0.0800. The van der Waals surface area contributed by atoms with E-state index in [9.17, 15) is 0 Å². The maximum atomic E-state index is 4.18. The molecule has 7 unspecified atom stereocenters. The van der Waals surface area contributed by atoms with E-state index < -0.39 is 0 Å². The van der Waals surface area contributed by atoms with Gasteiger partial charge in [-0.3, -0.25) is 0 Å². The minimum absolute atomic E-state index is 0.834. The lowest BCUT2D eigenvalue weighted by Gasteiger charge is -2.48. The number of fused-ring (bicyclic) bond motifs is 7. The van der Waals surface area contributed by atoms with Crippen molar-refractivity contribution in [1.29, 1.82) is 0 Å². The summed E-state index contributed by atoms with van der Waals surface area (Å²) in [6, 6.07) is 3.49. The van der Waals surface area contributed by atoms with Crippen LogP contribution < -0.4 is 5.32 Å². The molecule has 0 aromatic carbocycles. The van der Waals surface area contributed by atoms with Crippen LogP contribution in [0.5, 0.6) is 0 Å². The molecule has 5 fully saturated rings. The van der Waals surface area contributed by atoms with Gasteiger partial charge in [0.1, 0.15) is 0 Å². The van der Waals surface area contributed by atoms with Gasteiger partial charge in [0.25, 0.3) is 0 Å². The molecule has 1 N–H and O–H groups in total. The summed E-state index contributed by atoms with van der Waals surface area (Å²) in [5, 5.41) is 4.18. The van der Waals surface area contributed by atoms with Gasteiger partial charge in [0.15, 0.2) is 0 Å². The summed E-state index contributed by atoms with van der Waals surface area (Å²) in [4.78, 5) is 2.70. The van der Waals surface area contributed by atoms with Crippen LogP contribution >= 0.6 is 0 Å². The molecule has 5 aliphatic rings. The normalized spacial score (nSPS) is 55.9. The highest BCUT2D eigenvalue weighted by Crippen LogP contribution is 2.58. The van der Waals surface area contributed by atoms with Crippen LogP contribution in [0, 0.1) is 23.7 Å². The molecule has 3 saturated carbocycles. The molecule has 4 bridgehead atoms. The van der Waals surface area contributed by atoms with Crippen LogP contribution in [0.2, 0.25) is 0 Å². The molecule has 2 saturated heterocycles. The molecule has 5 rings (SSSR count). The van der Waals surface area contributed by atoms with E-state index in [-0.39, 0.29) is 0 Å². The van der Waals surface area contributed by atoms with E-state index in [0.717, 1.165) is 47.8 Å². The lowest BCUT2D eigenvalue weighted by Crippen LogP contribution is -2.56. The van der Waals surface area contributed by atoms with Gasteiger partial charge in [0, 0.05) is 24.2 Å². The average molecular weight is 288 g/mol. The third-order valence-corrected chi connectivity index (χ3v) is 8.22. The molecule has 2 heterocycles. The Morgan fingerprint density at radius 1 is 0.762 bits per heavy atom. The second-order valence-corrected chi connectivity index (χ2v) is 9.00. The number of rotatable bonds is 2. The Morgan fingerprint density at radius 2 is 1.48 bits per heavy atom. The van der Waals surface area contributed by atoms with Crippen LogP contribution in [0.3, 0.4) is 0 Å². The van der Waals surface area contributed by atoms with Crippen molar-refractivity contribution in [3.63, 3.8) is 0 Å². The van der Waals surface area contributed by atoms with Crippen molar-refractivity contribution in [2.75, 3.05) is 7.05 Å². The summed E-state index contributed by atoms with van der Waals surface area (Å²) in [6.07, 6.45) is 15.0. The molecule has 2 nitrogen and oxygen atoms in total. The second kappa shape index (κ2) is 4.96. The van der Waals surface area contributed by atoms with E-state index in [2.05, 4.69) is 17.3 Å². The van der Waals surface area contributed by atoms with Crippen molar-refractivity contribution in [1.82, 2.24) is 10.2 Å². The fraction of sp³-hybridized carbons (Fsp3) is 1.00. The Labute approximate surface area is 130 Å². The molecule has 0 aromatic heterocycles. The molecular formula is C19H32N2. The van der Waals surface area contributed by atoms with Crippen molar-refractivity contribution >= 4 is 0 Å². The fourth-order valence-corrected chi connectivity index (χ4v) is 7.31. The lowest BCUT2D eigenvalue weighted by molar-refractivity contribution is 0.0412. The number of hydrogen-bond donors (Lipinski definition) is 1. The first kappa shape index (κ1) is 13.4. The zero-order valence-corrected chi connectivity index (χ0v) is 13.6. The molecule has 0 spiro atoms. The summed E-state index contributed by atoms with van der Waals surface area (Å²) in [7, 11) is 2.38. The number of piperidine rings is 2. The van der Waals surface area contributed by atoms with Gasteiger partial charge in [0.2, 0.25) is 0 Å². The summed E-state index contributed by atoms with van der Waals surface area (Å²) in [5.74, 6) is 4.42. The summed E-state index contributed by atoms with van der Waals surface area (Å²) in [6.45, 7) is 0. The van der Waals surface area contributed by atoms with Gasteiger partial charge in [0.05, 0.1) is 0 Å². The van der Waals surface area contributed by atoms with E-state index in [0.29, 0.717) is 0 Å². The zero-order valence-electron chi connectivity index (χ0n) is 13.6. The predicted molar refractivity (Wildman–Crippen MR) is 86.2 cm³/mol. The van der Waals surface area contributed by atoms with E-state index >= 15 is 0 Å². The monoisotopic (exact) mass is 288 g/mol.